The molecule has 0 unspecified atom stereocenters. The van der Waals surface area contributed by atoms with Crippen molar-refractivity contribution in [3.05, 3.63) is 101 Å². The largest absolute Gasteiger partial charge is 0.486 e. The highest BCUT2D eigenvalue weighted by Crippen LogP contribution is 2.39. The number of carbonyl (C=O) groups excluding carboxylic acids is 1. The van der Waals surface area contributed by atoms with Crippen molar-refractivity contribution in [3.8, 4) is 5.75 Å². The van der Waals surface area contributed by atoms with Crippen LogP contribution in [0.1, 0.15) is 36.3 Å². The predicted molar refractivity (Wildman–Crippen MR) is 130 cm³/mol. The van der Waals surface area contributed by atoms with E-state index in [-0.39, 0.29) is 23.5 Å². The molecule has 3 aromatic rings. The van der Waals surface area contributed by atoms with Gasteiger partial charge in [-0.25, -0.2) is 0 Å². The molecule has 2 heterocycles. The molecule has 1 spiro atoms. The molecule has 0 radical (unpaired) electrons. The van der Waals surface area contributed by atoms with Crippen LogP contribution in [0.15, 0.2) is 84.9 Å². The number of halogens is 1. The number of amides is 1. The topological polar surface area (TPSA) is 38.8 Å². The Kier molecular flexibility index (Phi) is 6.39. The summed E-state index contributed by atoms with van der Waals surface area (Å²) < 4.78 is 12.4. The van der Waals surface area contributed by atoms with Crippen molar-refractivity contribution in [2.45, 2.75) is 36.9 Å². The van der Waals surface area contributed by atoms with Crippen molar-refractivity contribution in [2.24, 2.45) is 0 Å². The molecule has 0 N–H and O–H groups in total. The summed E-state index contributed by atoms with van der Waals surface area (Å²) in [6.07, 6.45) is 2.43. The molecule has 3 aromatic carbocycles. The molecule has 0 aromatic heterocycles. The van der Waals surface area contributed by atoms with Gasteiger partial charge in [0.1, 0.15) is 11.9 Å². The molecule has 2 fully saturated rings. The third-order valence-corrected chi connectivity index (χ3v) is 7.12. The fourth-order valence-corrected chi connectivity index (χ4v) is 5.21. The Hall–Kier alpha value is -2.82. The number of rotatable bonds is 5. The molecule has 1 atom stereocenters. The van der Waals surface area contributed by atoms with Crippen molar-refractivity contribution in [1.29, 1.82) is 0 Å². The van der Waals surface area contributed by atoms with E-state index in [1.54, 1.807) is 0 Å². The summed E-state index contributed by atoms with van der Waals surface area (Å²) in [6.45, 7) is 1.93. The molecule has 5 heteroatoms. The third-order valence-electron chi connectivity index (χ3n) is 6.80. The van der Waals surface area contributed by atoms with E-state index in [1.165, 1.54) is 0 Å². The van der Waals surface area contributed by atoms with Crippen LogP contribution in [0.25, 0.3) is 0 Å². The molecule has 0 aliphatic carbocycles. The number of piperidine rings is 1. The van der Waals surface area contributed by atoms with Gasteiger partial charge in [0.2, 0.25) is 5.91 Å². The van der Waals surface area contributed by atoms with Gasteiger partial charge in [0, 0.05) is 19.5 Å². The lowest BCUT2D eigenvalue weighted by Crippen LogP contribution is -2.48. The van der Waals surface area contributed by atoms with E-state index in [9.17, 15) is 4.79 Å². The molecule has 2 saturated heterocycles. The van der Waals surface area contributed by atoms with E-state index in [0.29, 0.717) is 30.5 Å². The smallest absolute Gasteiger partial charge is 0.234 e. The first kappa shape index (κ1) is 22.0. The fraction of sp³-hybridized carbons (Fsp3) is 0.321. The Morgan fingerprint density at radius 1 is 0.909 bits per heavy atom. The number of hydrogen-bond donors (Lipinski definition) is 0. The second-order valence-electron chi connectivity index (χ2n) is 8.95. The molecule has 0 bridgehead atoms. The first-order valence-corrected chi connectivity index (χ1v) is 12.0. The Morgan fingerprint density at radius 2 is 1.48 bits per heavy atom. The van der Waals surface area contributed by atoms with Crippen molar-refractivity contribution in [1.82, 2.24) is 4.90 Å². The maximum atomic E-state index is 13.7. The zero-order valence-corrected chi connectivity index (χ0v) is 19.3. The van der Waals surface area contributed by atoms with Crippen molar-refractivity contribution >= 4 is 17.5 Å². The molecular weight excluding hydrogens is 434 g/mol. The van der Waals surface area contributed by atoms with Crippen LogP contribution in [0.3, 0.4) is 0 Å². The molecule has 1 amide bonds. The van der Waals surface area contributed by atoms with Crippen molar-refractivity contribution in [2.75, 3.05) is 19.7 Å². The normalized spacial score (nSPS) is 19.7. The van der Waals surface area contributed by atoms with Gasteiger partial charge in [0.15, 0.2) is 0 Å². The number of ether oxygens (including phenoxy) is 2. The number of carbonyl (C=O) groups is 1. The van der Waals surface area contributed by atoms with Crippen LogP contribution in [-0.2, 0) is 9.53 Å². The first-order valence-electron chi connectivity index (χ1n) is 11.6. The van der Waals surface area contributed by atoms with E-state index in [2.05, 4.69) is 0 Å². The molecular formula is C28H28ClNO3. The lowest BCUT2D eigenvalue weighted by Gasteiger charge is -2.39. The zero-order chi connectivity index (χ0) is 22.7. The standard InChI is InChI=1S/C28H28ClNO3/c29-24-13-7-8-14-25(24)33-23-19-28(32-20-23)15-17-30(18-16-28)27(31)26(21-9-3-1-4-10-21)22-11-5-2-6-12-22/h1-14,23,26H,15-20H2/t23-/m1/s1. The van der Waals surface area contributed by atoms with E-state index in [1.807, 2.05) is 89.8 Å². The lowest BCUT2D eigenvalue weighted by molar-refractivity contribution is -0.136. The molecule has 5 rings (SSSR count). The van der Waals surface area contributed by atoms with Gasteiger partial charge in [0.05, 0.1) is 23.1 Å². The molecule has 33 heavy (non-hydrogen) atoms. The Morgan fingerprint density at radius 3 is 2.09 bits per heavy atom. The molecule has 2 aliphatic rings. The number of nitrogens with zero attached hydrogens (tertiary/aromatic N) is 1. The Balaban J connectivity index is 1.25. The van der Waals surface area contributed by atoms with Gasteiger partial charge >= 0.3 is 0 Å². The average molecular weight is 462 g/mol. The summed E-state index contributed by atoms with van der Waals surface area (Å²) in [7, 11) is 0. The Bertz CT molecular complexity index is 1040. The Labute approximate surface area is 200 Å². The second-order valence-corrected chi connectivity index (χ2v) is 9.36. The highest BCUT2D eigenvalue weighted by molar-refractivity contribution is 6.32. The van der Waals surface area contributed by atoms with Gasteiger partial charge in [-0.1, -0.05) is 84.4 Å². The van der Waals surface area contributed by atoms with E-state index in [0.717, 1.165) is 30.4 Å². The van der Waals surface area contributed by atoms with Crippen LogP contribution in [0, 0.1) is 0 Å². The van der Waals surface area contributed by atoms with Gasteiger partial charge in [-0.15, -0.1) is 0 Å². The number of likely N-dealkylation sites (tertiary alicyclic amines) is 1. The van der Waals surface area contributed by atoms with Gasteiger partial charge < -0.3 is 14.4 Å². The summed E-state index contributed by atoms with van der Waals surface area (Å²) in [5.41, 5.74) is 1.83. The van der Waals surface area contributed by atoms with Crippen LogP contribution < -0.4 is 4.74 Å². The summed E-state index contributed by atoms with van der Waals surface area (Å²) in [5, 5.41) is 0.617. The van der Waals surface area contributed by atoms with Gasteiger partial charge in [-0.2, -0.15) is 0 Å². The summed E-state index contributed by atoms with van der Waals surface area (Å²) in [5.74, 6) is 0.567. The van der Waals surface area contributed by atoms with Crippen LogP contribution in [0.4, 0.5) is 0 Å². The number of hydrogen-bond acceptors (Lipinski definition) is 3. The summed E-state index contributed by atoms with van der Waals surface area (Å²) >= 11 is 6.25. The SMILES string of the molecule is O=C(C(c1ccccc1)c1ccccc1)N1CCC2(CC1)C[C@@H](Oc1ccccc1Cl)CO2. The van der Waals surface area contributed by atoms with E-state index in [4.69, 9.17) is 21.1 Å². The zero-order valence-electron chi connectivity index (χ0n) is 18.5. The van der Waals surface area contributed by atoms with Crippen LogP contribution in [-0.4, -0.2) is 42.2 Å². The van der Waals surface area contributed by atoms with Crippen LogP contribution in [0.2, 0.25) is 5.02 Å². The molecule has 2 aliphatic heterocycles. The average Bonchev–Trinajstić information content (AvgIpc) is 3.24. The van der Waals surface area contributed by atoms with Crippen molar-refractivity contribution in [3.63, 3.8) is 0 Å². The van der Waals surface area contributed by atoms with E-state index >= 15 is 0 Å². The lowest BCUT2D eigenvalue weighted by atomic mass is 9.85. The molecule has 170 valence electrons. The predicted octanol–water partition coefficient (Wildman–Crippen LogP) is 5.70. The first-order chi connectivity index (χ1) is 16.1. The maximum absolute atomic E-state index is 13.7. The number of benzene rings is 3. The highest BCUT2D eigenvalue weighted by Gasteiger charge is 2.45. The fourth-order valence-electron chi connectivity index (χ4n) is 5.03. The highest BCUT2D eigenvalue weighted by atomic mass is 35.5. The second kappa shape index (κ2) is 9.58. The van der Waals surface area contributed by atoms with E-state index < -0.39 is 0 Å². The minimum atomic E-state index is -0.290. The summed E-state index contributed by atoms with van der Waals surface area (Å²) in [4.78, 5) is 15.7. The van der Waals surface area contributed by atoms with Crippen molar-refractivity contribution < 1.29 is 14.3 Å². The van der Waals surface area contributed by atoms with Crippen LogP contribution >= 0.6 is 11.6 Å². The molecule has 4 nitrogen and oxygen atoms in total. The van der Waals surface area contributed by atoms with Gasteiger partial charge in [-0.3, -0.25) is 4.79 Å². The minimum absolute atomic E-state index is 0.0199. The summed E-state index contributed by atoms with van der Waals surface area (Å²) in [6, 6.07) is 27.7. The van der Waals surface area contributed by atoms with Gasteiger partial charge in [0.25, 0.3) is 0 Å². The minimum Gasteiger partial charge on any atom is -0.486 e. The number of para-hydroxylation sites is 1. The third kappa shape index (κ3) is 4.78. The maximum Gasteiger partial charge on any atom is 0.234 e. The van der Waals surface area contributed by atoms with Gasteiger partial charge in [-0.05, 0) is 36.1 Å². The quantitative estimate of drug-likeness (QED) is 0.489. The van der Waals surface area contributed by atoms with Crippen LogP contribution in [0.5, 0.6) is 5.75 Å². The monoisotopic (exact) mass is 461 g/mol. The molecule has 0 saturated carbocycles.